The second-order valence-corrected chi connectivity index (χ2v) is 8.21. The second kappa shape index (κ2) is 8.77. The first-order chi connectivity index (χ1) is 12.3. The first-order valence-electron chi connectivity index (χ1n) is 8.24. The van der Waals surface area contributed by atoms with Crippen molar-refractivity contribution in [2.24, 2.45) is 0 Å². The molecule has 0 aliphatic rings. The molecule has 0 saturated carbocycles. The van der Waals surface area contributed by atoms with Crippen LogP contribution in [0, 0.1) is 0 Å². The van der Waals surface area contributed by atoms with Crippen molar-refractivity contribution in [3.63, 3.8) is 0 Å². The first kappa shape index (κ1) is 19.9. The summed E-state index contributed by atoms with van der Waals surface area (Å²) in [6.07, 6.45) is 2.82. The monoisotopic (exact) mass is 377 g/mol. The minimum absolute atomic E-state index is 0.0287. The van der Waals surface area contributed by atoms with Gasteiger partial charge in [-0.05, 0) is 24.5 Å². The lowest BCUT2D eigenvalue weighted by atomic mass is 10.1. The Balaban J connectivity index is 1.93. The Morgan fingerprint density at radius 1 is 1.12 bits per heavy atom. The molecule has 2 aromatic rings. The second-order valence-electron chi connectivity index (χ2n) is 6.06. The average Bonchev–Trinajstić information content (AvgIpc) is 2.61. The van der Waals surface area contributed by atoms with Gasteiger partial charge in [-0.1, -0.05) is 30.3 Å². The number of pyridine rings is 1. The van der Waals surface area contributed by atoms with Crippen molar-refractivity contribution >= 4 is 15.9 Å². The number of amides is 1. The lowest BCUT2D eigenvalue weighted by Gasteiger charge is -2.13. The minimum Gasteiger partial charge on any atom is -0.355 e. The van der Waals surface area contributed by atoms with Gasteiger partial charge in [-0.25, -0.2) is 12.7 Å². The van der Waals surface area contributed by atoms with Crippen LogP contribution in [0.15, 0.2) is 58.4 Å². The predicted molar refractivity (Wildman–Crippen MR) is 99.3 cm³/mol. The molecule has 0 bridgehead atoms. The van der Waals surface area contributed by atoms with Crippen molar-refractivity contribution in [2.45, 2.75) is 24.3 Å². The zero-order valence-corrected chi connectivity index (χ0v) is 15.7. The largest absolute Gasteiger partial charge is 0.355 e. The van der Waals surface area contributed by atoms with Gasteiger partial charge in [0.25, 0.3) is 5.56 Å². The van der Waals surface area contributed by atoms with Gasteiger partial charge >= 0.3 is 0 Å². The zero-order chi connectivity index (χ0) is 19.2. The number of benzene rings is 1. The van der Waals surface area contributed by atoms with Gasteiger partial charge in [0.15, 0.2) is 0 Å². The third-order valence-corrected chi connectivity index (χ3v) is 5.65. The molecule has 0 spiro atoms. The van der Waals surface area contributed by atoms with Crippen LogP contribution >= 0.6 is 0 Å². The molecule has 7 nitrogen and oxygen atoms in total. The van der Waals surface area contributed by atoms with E-state index in [1.807, 2.05) is 30.3 Å². The highest BCUT2D eigenvalue weighted by molar-refractivity contribution is 7.89. The number of carbonyl (C=O) groups excluding carboxylic acids is 1. The molecule has 1 aromatic heterocycles. The Kier molecular flexibility index (Phi) is 6.70. The molecule has 0 saturated heterocycles. The Hall–Kier alpha value is -2.45. The molecule has 2 rings (SSSR count). The summed E-state index contributed by atoms with van der Waals surface area (Å²) in [4.78, 5) is 23.9. The molecule has 140 valence electrons. The molecule has 1 heterocycles. The van der Waals surface area contributed by atoms with Gasteiger partial charge in [0.1, 0.15) is 6.54 Å². The van der Waals surface area contributed by atoms with Gasteiger partial charge in [0.2, 0.25) is 15.9 Å². The van der Waals surface area contributed by atoms with Crippen molar-refractivity contribution in [3.8, 4) is 0 Å². The van der Waals surface area contributed by atoms with E-state index in [9.17, 15) is 18.0 Å². The van der Waals surface area contributed by atoms with Crippen LogP contribution < -0.4 is 10.9 Å². The number of aryl methyl sites for hydroxylation is 1. The summed E-state index contributed by atoms with van der Waals surface area (Å²) in [5.74, 6) is -0.334. The molecule has 26 heavy (non-hydrogen) atoms. The highest BCUT2D eigenvalue weighted by Gasteiger charge is 2.18. The molecule has 0 atom stereocenters. The van der Waals surface area contributed by atoms with Crippen molar-refractivity contribution in [2.75, 3.05) is 20.6 Å². The van der Waals surface area contributed by atoms with Gasteiger partial charge in [-0.3, -0.25) is 9.59 Å². The summed E-state index contributed by atoms with van der Waals surface area (Å²) < 4.78 is 26.4. The molecule has 0 unspecified atom stereocenters. The highest BCUT2D eigenvalue weighted by Crippen LogP contribution is 2.10. The summed E-state index contributed by atoms with van der Waals surface area (Å²) in [5, 5.41) is 2.75. The van der Waals surface area contributed by atoms with Crippen molar-refractivity contribution < 1.29 is 13.2 Å². The SMILES string of the molecule is CN(C)S(=O)(=O)c1ccc(=O)n(CC(=O)NCCCc2ccccc2)c1. The maximum absolute atomic E-state index is 12.1. The fraction of sp³-hybridized carbons (Fsp3) is 0.333. The van der Waals surface area contributed by atoms with Gasteiger partial charge in [0, 0.05) is 32.9 Å². The molecular weight excluding hydrogens is 354 g/mol. The van der Waals surface area contributed by atoms with Gasteiger partial charge in [0.05, 0.1) is 4.90 Å². The van der Waals surface area contributed by atoms with E-state index in [4.69, 9.17) is 0 Å². The Morgan fingerprint density at radius 3 is 2.46 bits per heavy atom. The van der Waals surface area contributed by atoms with Gasteiger partial charge in [-0.15, -0.1) is 0 Å². The number of hydrogen-bond donors (Lipinski definition) is 1. The Labute approximate surface area is 153 Å². The number of nitrogens with one attached hydrogen (secondary N) is 1. The maximum Gasteiger partial charge on any atom is 0.251 e. The van der Waals surface area contributed by atoms with E-state index < -0.39 is 15.6 Å². The van der Waals surface area contributed by atoms with Crippen LogP contribution in [0.2, 0.25) is 0 Å². The van der Waals surface area contributed by atoms with E-state index in [1.54, 1.807) is 0 Å². The van der Waals surface area contributed by atoms with Crippen molar-refractivity contribution in [1.29, 1.82) is 0 Å². The van der Waals surface area contributed by atoms with Crippen LogP contribution in [0.1, 0.15) is 12.0 Å². The van der Waals surface area contributed by atoms with Crippen LogP contribution in [-0.4, -0.2) is 43.8 Å². The summed E-state index contributed by atoms with van der Waals surface area (Å²) in [5.41, 5.74) is 0.765. The lowest BCUT2D eigenvalue weighted by molar-refractivity contribution is -0.121. The topological polar surface area (TPSA) is 88.5 Å². The number of carbonyl (C=O) groups is 1. The Morgan fingerprint density at radius 2 is 1.81 bits per heavy atom. The van der Waals surface area contributed by atoms with Crippen LogP contribution in [0.3, 0.4) is 0 Å². The maximum atomic E-state index is 12.1. The third-order valence-electron chi connectivity index (χ3n) is 3.86. The van der Waals surface area contributed by atoms with Crippen LogP contribution in [-0.2, 0) is 27.8 Å². The molecular formula is C18H23N3O4S. The van der Waals surface area contributed by atoms with E-state index in [1.165, 1.54) is 31.9 Å². The summed E-state index contributed by atoms with van der Waals surface area (Å²) in [7, 11) is -0.848. The number of hydrogen-bond acceptors (Lipinski definition) is 4. The van der Waals surface area contributed by atoms with Gasteiger partial charge in [-0.2, -0.15) is 0 Å². The predicted octanol–water partition coefficient (Wildman–Crippen LogP) is 0.848. The number of aromatic nitrogens is 1. The van der Waals surface area contributed by atoms with Crippen molar-refractivity contribution in [3.05, 3.63) is 64.6 Å². The lowest BCUT2D eigenvalue weighted by Crippen LogP contribution is -2.33. The average molecular weight is 377 g/mol. The summed E-state index contributed by atoms with van der Waals surface area (Å²) >= 11 is 0. The standard InChI is InChI=1S/C18H23N3O4S/c1-20(2)26(24,25)16-10-11-18(23)21(13-16)14-17(22)19-12-6-9-15-7-4-3-5-8-15/h3-5,7-8,10-11,13H,6,9,12,14H2,1-2H3,(H,19,22). The van der Waals surface area contributed by atoms with Crippen LogP contribution in [0.25, 0.3) is 0 Å². The van der Waals surface area contributed by atoms with Gasteiger partial charge < -0.3 is 9.88 Å². The third kappa shape index (κ3) is 5.27. The Bertz CT molecular complexity index is 906. The molecule has 0 fully saturated rings. The molecule has 1 aromatic carbocycles. The fourth-order valence-electron chi connectivity index (χ4n) is 2.37. The minimum atomic E-state index is -3.66. The summed E-state index contributed by atoms with van der Waals surface area (Å²) in [6.45, 7) is 0.263. The number of sulfonamides is 1. The smallest absolute Gasteiger partial charge is 0.251 e. The fourth-order valence-corrected chi connectivity index (χ4v) is 3.29. The van der Waals surface area contributed by atoms with Crippen LogP contribution in [0.5, 0.6) is 0 Å². The number of rotatable bonds is 8. The molecule has 0 radical (unpaired) electrons. The van der Waals surface area contributed by atoms with Crippen molar-refractivity contribution in [1.82, 2.24) is 14.2 Å². The van der Waals surface area contributed by atoms with E-state index in [2.05, 4.69) is 5.32 Å². The van der Waals surface area contributed by atoms with E-state index in [-0.39, 0.29) is 17.3 Å². The van der Waals surface area contributed by atoms with E-state index in [0.29, 0.717) is 6.54 Å². The van der Waals surface area contributed by atoms with E-state index >= 15 is 0 Å². The normalized spacial score (nSPS) is 11.5. The zero-order valence-electron chi connectivity index (χ0n) is 14.9. The first-order valence-corrected chi connectivity index (χ1v) is 9.68. The van der Waals surface area contributed by atoms with Crippen LogP contribution in [0.4, 0.5) is 0 Å². The van der Waals surface area contributed by atoms with E-state index in [0.717, 1.165) is 27.8 Å². The molecule has 0 aliphatic carbocycles. The highest BCUT2D eigenvalue weighted by atomic mass is 32.2. The molecule has 1 amide bonds. The summed E-state index contributed by atoms with van der Waals surface area (Å²) in [6, 6.07) is 12.3. The quantitative estimate of drug-likeness (QED) is 0.691. The number of nitrogens with zero attached hydrogens (tertiary/aromatic N) is 2. The molecule has 0 aliphatic heterocycles. The molecule has 8 heteroatoms. The molecule has 1 N–H and O–H groups in total.